The molecule has 2 aromatic rings. The second-order valence-electron chi connectivity index (χ2n) is 8.58. The summed E-state index contributed by atoms with van der Waals surface area (Å²) in [6.45, 7) is 4.87. The van der Waals surface area contributed by atoms with Crippen LogP contribution in [-0.4, -0.2) is 38.1 Å². The Balaban J connectivity index is 0.000000572. The Kier molecular flexibility index (Phi) is 9.35. The molecule has 1 aliphatic carbocycles. The number of anilines is 1. The molecule has 0 radical (unpaired) electrons. The lowest BCUT2D eigenvalue weighted by molar-refractivity contribution is -0.192. The molecule has 1 saturated carbocycles. The molecule has 0 bridgehead atoms. The van der Waals surface area contributed by atoms with E-state index in [9.17, 15) is 30.8 Å². The van der Waals surface area contributed by atoms with Crippen molar-refractivity contribution in [3.8, 4) is 0 Å². The molecular weight excluding hydrogens is 528 g/mol. The Morgan fingerprint density at radius 2 is 1.67 bits per heavy atom. The van der Waals surface area contributed by atoms with Crippen LogP contribution in [0, 0.1) is 11.7 Å². The molecule has 7 nitrogen and oxygen atoms in total. The highest BCUT2D eigenvalue weighted by atomic mass is 35.5. The fourth-order valence-corrected chi connectivity index (χ4v) is 4.46. The van der Waals surface area contributed by atoms with E-state index in [4.69, 9.17) is 21.5 Å². The van der Waals surface area contributed by atoms with Gasteiger partial charge in [-0.2, -0.15) is 13.2 Å². The first-order chi connectivity index (χ1) is 16.6. The lowest BCUT2D eigenvalue weighted by atomic mass is 9.94. The SMILES string of the molecule is CC(C)CCNC(=O)C1(c2ccc(NS(=O)(=O)c3ccc(F)c(Cl)c3)cc2)CC1.O=C(O)C(F)(F)F. The van der Waals surface area contributed by atoms with Gasteiger partial charge < -0.3 is 10.4 Å². The molecule has 198 valence electrons. The second kappa shape index (κ2) is 11.5. The molecule has 0 saturated heterocycles. The van der Waals surface area contributed by atoms with Gasteiger partial charge in [-0.05, 0) is 61.1 Å². The standard InChI is InChI=1S/C21H24ClFN2O3S.C2HF3O2/c1-14(2)9-12-24-20(26)21(10-11-21)15-3-5-16(6-4-15)25-29(27,28)17-7-8-19(23)18(22)13-17;3-2(4,5)1(6)7/h3-8,13-14,25H,9-12H2,1-2H3,(H,24,26);(H,6,7). The fourth-order valence-electron chi connectivity index (χ4n) is 3.13. The van der Waals surface area contributed by atoms with Crippen molar-refractivity contribution in [3.63, 3.8) is 0 Å². The zero-order valence-corrected chi connectivity index (χ0v) is 20.9. The molecular formula is C23H25ClF4N2O5S. The van der Waals surface area contributed by atoms with Crippen molar-refractivity contribution in [1.29, 1.82) is 0 Å². The van der Waals surface area contributed by atoms with E-state index >= 15 is 0 Å². The minimum absolute atomic E-state index is 0.0208. The number of carboxylic acids is 1. The molecule has 0 aromatic heterocycles. The van der Waals surface area contributed by atoms with Crippen molar-refractivity contribution in [2.24, 2.45) is 5.92 Å². The van der Waals surface area contributed by atoms with Crippen molar-refractivity contribution in [1.82, 2.24) is 5.32 Å². The smallest absolute Gasteiger partial charge is 0.475 e. The minimum Gasteiger partial charge on any atom is -0.475 e. The van der Waals surface area contributed by atoms with Crippen LogP contribution in [-0.2, 0) is 25.0 Å². The van der Waals surface area contributed by atoms with Gasteiger partial charge in [0.15, 0.2) is 0 Å². The minimum atomic E-state index is -5.08. The van der Waals surface area contributed by atoms with E-state index in [0.717, 1.165) is 43.0 Å². The van der Waals surface area contributed by atoms with Crippen molar-refractivity contribution in [3.05, 3.63) is 58.9 Å². The van der Waals surface area contributed by atoms with Crippen molar-refractivity contribution in [2.45, 2.75) is 49.6 Å². The number of nitrogens with one attached hydrogen (secondary N) is 2. The predicted octanol–water partition coefficient (Wildman–Crippen LogP) is 5.11. The summed E-state index contributed by atoms with van der Waals surface area (Å²) in [5, 5.41) is 9.87. The summed E-state index contributed by atoms with van der Waals surface area (Å²) in [6.07, 6.45) is -2.60. The number of hydrogen-bond donors (Lipinski definition) is 3. The van der Waals surface area contributed by atoms with Crippen molar-refractivity contribution >= 4 is 39.2 Å². The van der Waals surface area contributed by atoms with E-state index in [1.807, 2.05) is 0 Å². The van der Waals surface area contributed by atoms with E-state index < -0.39 is 33.4 Å². The quantitative estimate of drug-likeness (QED) is 0.394. The number of amides is 1. The average Bonchev–Trinajstić information content (AvgIpc) is 3.57. The Labute approximate surface area is 210 Å². The van der Waals surface area contributed by atoms with Crippen LogP contribution in [0.1, 0.15) is 38.7 Å². The number of alkyl halides is 3. The maximum Gasteiger partial charge on any atom is 0.490 e. The Bertz CT molecular complexity index is 1200. The third-order valence-electron chi connectivity index (χ3n) is 5.33. The largest absolute Gasteiger partial charge is 0.490 e. The number of benzene rings is 2. The lowest BCUT2D eigenvalue weighted by Gasteiger charge is -2.17. The first kappa shape index (κ1) is 29.4. The monoisotopic (exact) mass is 552 g/mol. The number of rotatable bonds is 8. The van der Waals surface area contributed by atoms with Gasteiger partial charge >= 0.3 is 12.1 Å². The Morgan fingerprint density at radius 1 is 1.11 bits per heavy atom. The highest BCUT2D eigenvalue weighted by molar-refractivity contribution is 7.92. The van der Waals surface area contributed by atoms with Gasteiger partial charge in [0.1, 0.15) is 5.82 Å². The summed E-state index contributed by atoms with van der Waals surface area (Å²) < 4.78 is 72.4. The van der Waals surface area contributed by atoms with Crippen LogP contribution >= 0.6 is 11.6 Å². The molecule has 1 fully saturated rings. The number of aliphatic carboxylic acids is 1. The van der Waals surface area contributed by atoms with Crippen LogP contribution in [0.25, 0.3) is 0 Å². The van der Waals surface area contributed by atoms with E-state index in [2.05, 4.69) is 23.9 Å². The number of sulfonamides is 1. The number of carboxylic acid groups (broad SMARTS) is 1. The molecule has 3 rings (SSSR count). The molecule has 36 heavy (non-hydrogen) atoms. The highest BCUT2D eigenvalue weighted by Gasteiger charge is 2.51. The molecule has 0 spiro atoms. The van der Waals surface area contributed by atoms with E-state index in [1.165, 1.54) is 0 Å². The summed E-state index contributed by atoms with van der Waals surface area (Å²) in [6, 6.07) is 10.0. The van der Waals surface area contributed by atoms with Gasteiger partial charge in [0.25, 0.3) is 10.0 Å². The van der Waals surface area contributed by atoms with Crippen LogP contribution in [0.4, 0.5) is 23.2 Å². The van der Waals surface area contributed by atoms with Gasteiger partial charge in [-0.3, -0.25) is 9.52 Å². The molecule has 2 aromatic carbocycles. The molecule has 0 unspecified atom stereocenters. The summed E-state index contributed by atoms with van der Waals surface area (Å²) in [7, 11) is -3.90. The lowest BCUT2D eigenvalue weighted by Crippen LogP contribution is -2.35. The topological polar surface area (TPSA) is 113 Å². The van der Waals surface area contributed by atoms with Crippen molar-refractivity contribution < 1.29 is 40.7 Å². The third kappa shape index (κ3) is 7.82. The molecule has 1 amide bonds. The van der Waals surface area contributed by atoms with E-state index in [0.29, 0.717) is 18.2 Å². The molecule has 13 heteroatoms. The number of halogens is 5. The molecule has 1 aliphatic rings. The Morgan fingerprint density at radius 3 is 2.11 bits per heavy atom. The summed E-state index contributed by atoms with van der Waals surface area (Å²) in [5.74, 6) is -2.90. The van der Waals surface area contributed by atoms with Crippen LogP contribution < -0.4 is 10.0 Å². The number of carbonyl (C=O) groups excluding carboxylic acids is 1. The van der Waals surface area contributed by atoms with Gasteiger partial charge in [-0.15, -0.1) is 0 Å². The number of carbonyl (C=O) groups is 2. The maximum absolute atomic E-state index is 13.3. The first-order valence-electron chi connectivity index (χ1n) is 10.8. The second-order valence-corrected chi connectivity index (χ2v) is 10.7. The third-order valence-corrected chi connectivity index (χ3v) is 6.99. The highest BCUT2D eigenvalue weighted by Crippen LogP contribution is 2.48. The average molecular weight is 553 g/mol. The Hall–Kier alpha value is -2.86. The van der Waals surface area contributed by atoms with Crippen molar-refractivity contribution in [2.75, 3.05) is 11.3 Å². The van der Waals surface area contributed by atoms with Gasteiger partial charge in [0.2, 0.25) is 5.91 Å². The number of hydrogen-bond acceptors (Lipinski definition) is 4. The zero-order chi connectivity index (χ0) is 27.3. The maximum atomic E-state index is 13.3. The van der Waals surface area contributed by atoms with Gasteiger partial charge in [-0.25, -0.2) is 17.6 Å². The summed E-state index contributed by atoms with van der Waals surface area (Å²) in [4.78, 5) is 21.4. The van der Waals surface area contributed by atoms with Crippen LogP contribution in [0.2, 0.25) is 5.02 Å². The summed E-state index contributed by atoms with van der Waals surface area (Å²) >= 11 is 5.68. The molecule has 3 N–H and O–H groups in total. The van der Waals surface area contributed by atoms with Gasteiger partial charge in [0, 0.05) is 12.2 Å². The van der Waals surface area contributed by atoms with Gasteiger partial charge in [0.05, 0.1) is 15.3 Å². The molecule has 0 aliphatic heterocycles. The first-order valence-corrected chi connectivity index (χ1v) is 12.6. The summed E-state index contributed by atoms with van der Waals surface area (Å²) in [5.41, 5.74) is 0.705. The predicted molar refractivity (Wildman–Crippen MR) is 126 cm³/mol. The van der Waals surface area contributed by atoms with Crippen LogP contribution in [0.15, 0.2) is 47.4 Å². The van der Waals surface area contributed by atoms with Crippen LogP contribution in [0.5, 0.6) is 0 Å². The van der Waals surface area contributed by atoms with Gasteiger partial charge in [-0.1, -0.05) is 37.6 Å². The van der Waals surface area contributed by atoms with E-state index in [-0.39, 0.29) is 15.8 Å². The fraction of sp³-hybridized carbons (Fsp3) is 0.391. The van der Waals surface area contributed by atoms with Crippen LogP contribution in [0.3, 0.4) is 0 Å². The van der Waals surface area contributed by atoms with E-state index in [1.54, 1.807) is 24.3 Å². The molecule has 0 heterocycles. The molecule has 0 atom stereocenters. The normalized spacial score (nSPS) is 14.4. The zero-order valence-electron chi connectivity index (χ0n) is 19.3.